The Hall–Kier alpha value is -8.58. The largest absolute Gasteiger partial charge is 0.0725 e. The van der Waals surface area contributed by atoms with Crippen molar-refractivity contribution in [2.75, 3.05) is 0 Å². The zero-order valence-corrected chi connectivity index (χ0v) is 36.6. The molecule has 1 spiro atoms. The normalized spacial score (nSPS) is 13.2. The smallest absolute Gasteiger partial charge is 0.0619 e. The summed E-state index contributed by atoms with van der Waals surface area (Å²) in [5, 5.41) is 15.1. The molecule has 0 nitrogen and oxygen atoms in total. The molecule has 67 heavy (non-hydrogen) atoms. The third-order valence-electron chi connectivity index (χ3n) is 15.4. The molecule has 308 valence electrons. The van der Waals surface area contributed by atoms with E-state index in [1.807, 2.05) is 0 Å². The van der Waals surface area contributed by atoms with E-state index in [1.165, 1.54) is 143 Å². The van der Waals surface area contributed by atoms with Crippen molar-refractivity contribution in [1.29, 1.82) is 0 Å². The summed E-state index contributed by atoms with van der Waals surface area (Å²) in [5.41, 5.74) is 17.8. The summed E-state index contributed by atoms with van der Waals surface area (Å²) in [6.45, 7) is 0. The maximum atomic E-state index is 2.56. The molecule has 0 heterocycles. The fourth-order valence-corrected chi connectivity index (χ4v) is 12.7. The van der Waals surface area contributed by atoms with E-state index >= 15 is 0 Å². The van der Waals surface area contributed by atoms with Gasteiger partial charge in [0.25, 0.3) is 0 Å². The van der Waals surface area contributed by atoms with Crippen LogP contribution in [-0.2, 0) is 5.41 Å². The average molecular weight is 845 g/mol. The van der Waals surface area contributed by atoms with Gasteiger partial charge in [-0.2, -0.15) is 0 Å². The van der Waals surface area contributed by atoms with Gasteiger partial charge in [-0.25, -0.2) is 0 Å². The molecule has 0 aliphatic heterocycles. The van der Waals surface area contributed by atoms with Gasteiger partial charge < -0.3 is 0 Å². The Kier molecular flexibility index (Phi) is 7.52. The third-order valence-corrected chi connectivity index (χ3v) is 15.4. The summed E-state index contributed by atoms with van der Waals surface area (Å²) in [6.07, 6.45) is 0. The molecule has 0 bridgehead atoms. The number of rotatable bonds is 3. The predicted octanol–water partition coefficient (Wildman–Crippen LogP) is 18.0. The SMILES string of the molecule is c1ccc2c(c1)-c1ccccc1C21c2ccccc2-c2ccc(-c3c4ccccc4c(-c4cccc5ccccc45)c4cc(-c5cccc6c5ccc5cc7ccccc7cc56)ccc34)cc21. The van der Waals surface area contributed by atoms with E-state index in [0.29, 0.717) is 0 Å². The van der Waals surface area contributed by atoms with Crippen LogP contribution in [-0.4, -0.2) is 0 Å². The Balaban J connectivity index is 1.04. The maximum Gasteiger partial charge on any atom is 0.0725 e. The van der Waals surface area contributed by atoms with Gasteiger partial charge in [-0.1, -0.05) is 218 Å². The van der Waals surface area contributed by atoms with Crippen molar-refractivity contribution in [2.24, 2.45) is 0 Å². The summed E-state index contributed by atoms with van der Waals surface area (Å²) >= 11 is 0. The molecule has 0 radical (unpaired) electrons. The summed E-state index contributed by atoms with van der Waals surface area (Å²) in [5.74, 6) is 0. The molecule has 0 saturated carbocycles. The van der Waals surface area contributed by atoms with Crippen LogP contribution in [0, 0.1) is 0 Å². The molecule has 0 fully saturated rings. The Bertz CT molecular complexity index is 4210. The molecule has 2 aliphatic rings. The first kappa shape index (κ1) is 36.7. The first-order valence-corrected chi connectivity index (χ1v) is 23.5. The van der Waals surface area contributed by atoms with Gasteiger partial charge in [0.1, 0.15) is 0 Å². The van der Waals surface area contributed by atoms with E-state index in [0.717, 1.165) is 0 Å². The number of hydrogen-bond donors (Lipinski definition) is 0. The molecule has 0 atom stereocenters. The van der Waals surface area contributed by atoms with Crippen LogP contribution >= 0.6 is 0 Å². The minimum Gasteiger partial charge on any atom is -0.0619 e. The van der Waals surface area contributed by atoms with Crippen LogP contribution in [0.1, 0.15) is 22.3 Å². The first-order valence-electron chi connectivity index (χ1n) is 23.5. The van der Waals surface area contributed by atoms with E-state index in [2.05, 4.69) is 243 Å². The summed E-state index contributed by atoms with van der Waals surface area (Å²) < 4.78 is 0. The average Bonchev–Trinajstić information content (AvgIpc) is 3.86. The lowest BCUT2D eigenvalue weighted by Gasteiger charge is -2.31. The van der Waals surface area contributed by atoms with Gasteiger partial charge in [0, 0.05) is 0 Å². The molecule has 0 unspecified atom stereocenters. The lowest BCUT2D eigenvalue weighted by Crippen LogP contribution is -2.25. The van der Waals surface area contributed by atoms with Crippen molar-refractivity contribution in [1.82, 2.24) is 0 Å². The monoisotopic (exact) mass is 844 g/mol. The zero-order chi connectivity index (χ0) is 43.8. The Labute approximate surface area is 388 Å². The molecule has 13 aromatic carbocycles. The highest BCUT2D eigenvalue weighted by atomic mass is 14.5. The molecule has 0 N–H and O–H groups in total. The van der Waals surface area contributed by atoms with Crippen molar-refractivity contribution in [3.05, 3.63) is 265 Å². The van der Waals surface area contributed by atoms with Crippen molar-refractivity contribution in [3.63, 3.8) is 0 Å². The third kappa shape index (κ3) is 4.97. The number of benzene rings is 13. The Morgan fingerprint density at radius 3 is 1.42 bits per heavy atom. The van der Waals surface area contributed by atoms with Gasteiger partial charge in [-0.05, 0) is 167 Å². The second-order valence-electron chi connectivity index (χ2n) is 18.6. The van der Waals surface area contributed by atoms with Crippen LogP contribution in [0.4, 0.5) is 0 Å². The molecule has 13 aromatic rings. The molecular weight excluding hydrogens is 805 g/mol. The fraction of sp³-hybridized carbons (Fsp3) is 0.0149. The topological polar surface area (TPSA) is 0 Å². The molecule has 0 heteroatoms. The van der Waals surface area contributed by atoms with Crippen LogP contribution in [0.2, 0.25) is 0 Å². The highest BCUT2D eigenvalue weighted by Crippen LogP contribution is 2.63. The highest BCUT2D eigenvalue weighted by Gasteiger charge is 2.51. The zero-order valence-electron chi connectivity index (χ0n) is 36.6. The second-order valence-corrected chi connectivity index (χ2v) is 18.6. The minimum absolute atomic E-state index is 0.429. The van der Waals surface area contributed by atoms with Crippen molar-refractivity contribution < 1.29 is 0 Å². The Morgan fingerprint density at radius 2 is 0.687 bits per heavy atom. The molecule has 0 saturated heterocycles. The standard InChI is InChI=1S/C67H40/c1-2-17-43-38-59-44(37-42(43)16-1)31-34-50-48(25-14-26-49(50)59)45-32-36-58-60(39-45)66(55-27-13-18-41-15-3-4-19-47(41)55)57-24-6-5-23-56(57)65(58)46-33-35-54-53-22-9-12-30-63(53)67(64(54)40-46)61-28-10-7-20-51(61)52-21-8-11-29-62(52)67/h1-40H. The lowest BCUT2D eigenvalue weighted by molar-refractivity contribution is 0.794. The minimum atomic E-state index is -0.429. The first-order chi connectivity index (χ1) is 33.2. The van der Waals surface area contributed by atoms with Crippen molar-refractivity contribution in [2.45, 2.75) is 5.41 Å². The Morgan fingerprint density at radius 1 is 0.194 bits per heavy atom. The summed E-state index contributed by atoms with van der Waals surface area (Å²) in [4.78, 5) is 0. The molecule has 0 aromatic heterocycles. The molecule has 0 amide bonds. The highest BCUT2D eigenvalue weighted by molar-refractivity contribution is 6.25. The van der Waals surface area contributed by atoms with E-state index in [-0.39, 0.29) is 0 Å². The maximum absolute atomic E-state index is 2.56. The molecule has 2 aliphatic carbocycles. The van der Waals surface area contributed by atoms with Gasteiger partial charge in [-0.15, -0.1) is 0 Å². The van der Waals surface area contributed by atoms with Crippen LogP contribution < -0.4 is 0 Å². The van der Waals surface area contributed by atoms with Gasteiger partial charge >= 0.3 is 0 Å². The predicted molar refractivity (Wildman–Crippen MR) is 284 cm³/mol. The van der Waals surface area contributed by atoms with Gasteiger partial charge in [0.2, 0.25) is 0 Å². The van der Waals surface area contributed by atoms with Gasteiger partial charge in [0.15, 0.2) is 0 Å². The van der Waals surface area contributed by atoms with Gasteiger partial charge in [-0.3, -0.25) is 0 Å². The van der Waals surface area contributed by atoms with Crippen LogP contribution in [0.25, 0.3) is 120 Å². The quantitative estimate of drug-likeness (QED) is 0.123. The molecular formula is C67H40. The lowest BCUT2D eigenvalue weighted by atomic mass is 9.70. The van der Waals surface area contributed by atoms with Crippen LogP contribution in [0.15, 0.2) is 243 Å². The molecule has 15 rings (SSSR count). The summed E-state index contributed by atoms with van der Waals surface area (Å²) in [6, 6.07) is 91.7. The van der Waals surface area contributed by atoms with E-state index in [4.69, 9.17) is 0 Å². The van der Waals surface area contributed by atoms with Crippen molar-refractivity contribution in [3.8, 4) is 55.6 Å². The van der Waals surface area contributed by atoms with Gasteiger partial charge in [0.05, 0.1) is 5.41 Å². The summed E-state index contributed by atoms with van der Waals surface area (Å²) in [7, 11) is 0. The van der Waals surface area contributed by atoms with Crippen LogP contribution in [0.5, 0.6) is 0 Å². The van der Waals surface area contributed by atoms with E-state index < -0.39 is 5.41 Å². The number of hydrogen-bond acceptors (Lipinski definition) is 0. The number of fused-ring (bicyclic) bond motifs is 17. The fourth-order valence-electron chi connectivity index (χ4n) is 12.7. The van der Waals surface area contributed by atoms with E-state index in [9.17, 15) is 0 Å². The second kappa shape index (κ2) is 13.7. The van der Waals surface area contributed by atoms with Crippen molar-refractivity contribution >= 4 is 64.6 Å². The van der Waals surface area contributed by atoms with Crippen LogP contribution in [0.3, 0.4) is 0 Å². The van der Waals surface area contributed by atoms with E-state index in [1.54, 1.807) is 0 Å².